The van der Waals surface area contributed by atoms with Crippen LogP contribution in [-0.4, -0.2) is 16.2 Å². The molecule has 3 heteroatoms. The Labute approximate surface area is 106 Å². The summed E-state index contributed by atoms with van der Waals surface area (Å²) in [6.07, 6.45) is 1.69. The first-order valence-electron chi connectivity index (χ1n) is 5.95. The summed E-state index contributed by atoms with van der Waals surface area (Å²) in [4.78, 5) is 12.1. The second-order valence-corrected chi connectivity index (χ2v) is 7.78. The average Bonchev–Trinajstić information content (AvgIpc) is 1.98. The maximum absolute atomic E-state index is 12.1. The minimum atomic E-state index is -0.294. The van der Waals surface area contributed by atoms with E-state index in [1.165, 1.54) is 0 Å². The molecule has 0 saturated carbocycles. The summed E-state index contributed by atoms with van der Waals surface area (Å²) >= 11 is 4.51. The maximum atomic E-state index is 12.1. The Bertz CT molecular complexity index is 251. The van der Waals surface area contributed by atoms with Gasteiger partial charge < -0.3 is 5.32 Å². The van der Waals surface area contributed by atoms with Crippen LogP contribution in [0.5, 0.6) is 0 Å². The van der Waals surface area contributed by atoms with Crippen molar-refractivity contribution < 1.29 is 4.79 Å². The highest BCUT2D eigenvalue weighted by atomic mass is 32.1. The molecule has 0 aliphatic rings. The van der Waals surface area contributed by atoms with E-state index < -0.39 is 0 Å². The summed E-state index contributed by atoms with van der Waals surface area (Å²) in [5.41, 5.74) is -0.507. The fourth-order valence-electron chi connectivity index (χ4n) is 1.76. The molecule has 0 atom stereocenters. The van der Waals surface area contributed by atoms with Crippen molar-refractivity contribution in [1.29, 1.82) is 0 Å². The lowest BCUT2D eigenvalue weighted by molar-refractivity contribution is -0.131. The monoisotopic (exact) mass is 245 g/mol. The SMILES string of the molecule is CCC(C)(C)C(=O)NC(C)(C)CC(C)(C)S. The van der Waals surface area contributed by atoms with Crippen molar-refractivity contribution in [3.05, 3.63) is 0 Å². The largest absolute Gasteiger partial charge is 0.351 e. The molecule has 0 unspecified atom stereocenters. The third kappa shape index (κ3) is 5.78. The summed E-state index contributed by atoms with van der Waals surface area (Å²) in [5.74, 6) is 0.123. The third-order valence-electron chi connectivity index (χ3n) is 2.83. The topological polar surface area (TPSA) is 29.1 Å². The number of thiol groups is 1. The normalized spacial score (nSPS) is 13.8. The van der Waals surface area contributed by atoms with Crippen molar-refractivity contribution in [3.8, 4) is 0 Å². The molecule has 0 radical (unpaired) electrons. The highest BCUT2D eigenvalue weighted by molar-refractivity contribution is 7.81. The molecule has 0 aliphatic carbocycles. The zero-order chi connectivity index (χ0) is 13.2. The molecule has 0 saturated heterocycles. The lowest BCUT2D eigenvalue weighted by atomic mass is 9.86. The van der Waals surface area contributed by atoms with Gasteiger partial charge >= 0.3 is 0 Å². The summed E-state index contributed by atoms with van der Waals surface area (Å²) < 4.78 is -0.0763. The number of hydrogen-bond acceptors (Lipinski definition) is 2. The van der Waals surface area contributed by atoms with Gasteiger partial charge in [0.05, 0.1) is 0 Å². The molecule has 2 nitrogen and oxygen atoms in total. The number of rotatable bonds is 5. The molecule has 0 aromatic heterocycles. The van der Waals surface area contributed by atoms with Crippen LogP contribution in [-0.2, 0) is 4.79 Å². The van der Waals surface area contributed by atoms with Crippen molar-refractivity contribution in [2.24, 2.45) is 5.41 Å². The van der Waals surface area contributed by atoms with Crippen LogP contribution in [0.4, 0.5) is 0 Å². The van der Waals surface area contributed by atoms with Gasteiger partial charge in [0, 0.05) is 15.7 Å². The van der Waals surface area contributed by atoms with Crippen LogP contribution in [0.3, 0.4) is 0 Å². The molecule has 0 spiro atoms. The number of amides is 1. The molecule has 1 N–H and O–H groups in total. The summed E-state index contributed by atoms with van der Waals surface area (Å²) in [5, 5.41) is 3.12. The van der Waals surface area contributed by atoms with Crippen molar-refractivity contribution in [2.45, 2.75) is 71.6 Å². The first kappa shape index (κ1) is 15.8. The smallest absolute Gasteiger partial charge is 0.226 e. The Morgan fingerprint density at radius 3 is 1.88 bits per heavy atom. The van der Waals surface area contributed by atoms with E-state index in [0.717, 1.165) is 12.8 Å². The molecule has 1 amide bonds. The van der Waals surface area contributed by atoms with Gasteiger partial charge in [-0.3, -0.25) is 4.79 Å². The van der Waals surface area contributed by atoms with Gasteiger partial charge in [0.25, 0.3) is 0 Å². The molecule has 16 heavy (non-hydrogen) atoms. The Hall–Kier alpha value is -0.180. The summed E-state index contributed by atoms with van der Waals surface area (Å²) in [7, 11) is 0. The predicted octanol–water partition coefficient (Wildman–Crippen LogP) is 3.42. The fourth-order valence-corrected chi connectivity index (χ4v) is 2.16. The third-order valence-corrected chi connectivity index (χ3v) is 2.98. The molecule has 0 rings (SSSR count). The van der Waals surface area contributed by atoms with Gasteiger partial charge in [-0.2, -0.15) is 12.6 Å². The average molecular weight is 245 g/mol. The van der Waals surface area contributed by atoms with Crippen LogP contribution in [0, 0.1) is 5.41 Å². The minimum Gasteiger partial charge on any atom is -0.351 e. The van der Waals surface area contributed by atoms with Gasteiger partial charge in [0.15, 0.2) is 0 Å². The molecular weight excluding hydrogens is 218 g/mol. The number of carbonyl (C=O) groups is 1. The Balaban J connectivity index is 4.55. The molecule has 0 fully saturated rings. The second-order valence-electron chi connectivity index (χ2n) is 6.56. The zero-order valence-corrected chi connectivity index (χ0v) is 12.7. The van der Waals surface area contributed by atoms with Gasteiger partial charge in [-0.25, -0.2) is 0 Å². The lowest BCUT2D eigenvalue weighted by Gasteiger charge is -2.35. The minimum absolute atomic E-state index is 0.0763. The Kier molecular flexibility index (Phi) is 4.93. The Morgan fingerprint density at radius 1 is 1.12 bits per heavy atom. The van der Waals surface area contributed by atoms with E-state index in [0.29, 0.717) is 0 Å². The summed E-state index contributed by atoms with van der Waals surface area (Å²) in [6.45, 7) is 14.2. The van der Waals surface area contributed by atoms with E-state index in [1.54, 1.807) is 0 Å². The molecule has 0 aromatic carbocycles. The summed E-state index contributed by atoms with van der Waals surface area (Å²) in [6, 6.07) is 0. The van der Waals surface area contributed by atoms with E-state index in [-0.39, 0.29) is 21.6 Å². The highest BCUT2D eigenvalue weighted by Gasteiger charge is 2.32. The lowest BCUT2D eigenvalue weighted by Crippen LogP contribution is -2.50. The standard InChI is InChI=1S/C13H27NOS/c1-8-11(2,3)10(15)14-12(4,5)9-13(6,7)16/h16H,8-9H2,1-7H3,(H,14,15). The van der Waals surface area contributed by atoms with Crippen LogP contribution in [0.15, 0.2) is 0 Å². The van der Waals surface area contributed by atoms with Gasteiger partial charge in [-0.05, 0) is 26.7 Å². The van der Waals surface area contributed by atoms with Crippen LogP contribution < -0.4 is 5.32 Å². The second kappa shape index (κ2) is 4.99. The van der Waals surface area contributed by atoms with E-state index in [1.807, 2.05) is 20.8 Å². The predicted molar refractivity (Wildman–Crippen MR) is 74.0 cm³/mol. The highest BCUT2D eigenvalue weighted by Crippen LogP contribution is 2.27. The number of hydrogen-bond donors (Lipinski definition) is 2. The van der Waals surface area contributed by atoms with Crippen molar-refractivity contribution in [1.82, 2.24) is 5.32 Å². The molecule has 96 valence electrons. The Morgan fingerprint density at radius 2 is 1.56 bits per heavy atom. The van der Waals surface area contributed by atoms with Crippen LogP contribution in [0.25, 0.3) is 0 Å². The van der Waals surface area contributed by atoms with Crippen molar-refractivity contribution >= 4 is 18.5 Å². The van der Waals surface area contributed by atoms with E-state index >= 15 is 0 Å². The number of nitrogens with one attached hydrogen (secondary N) is 1. The van der Waals surface area contributed by atoms with E-state index in [4.69, 9.17) is 0 Å². The van der Waals surface area contributed by atoms with Crippen LogP contribution in [0.1, 0.15) is 61.3 Å². The molecule has 0 heterocycles. The van der Waals surface area contributed by atoms with Gasteiger partial charge in [0.2, 0.25) is 5.91 Å². The van der Waals surface area contributed by atoms with Gasteiger partial charge in [-0.15, -0.1) is 0 Å². The first-order chi connectivity index (χ1) is 6.90. The van der Waals surface area contributed by atoms with Crippen molar-refractivity contribution in [2.75, 3.05) is 0 Å². The van der Waals surface area contributed by atoms with E-state index in [9.17, 15) is 4.79 Å². The quantitative estimate of drug-likeness (QED) is 0.714. The zero-order valence-electron chi connectivity index (χ0n) is 11.8. The van der Waals surface area contributed by atoms with Crippen molar-refractivity contribution in [3.63, 3.8) is 0 Å². The van der Waals surface area contributed by atoms with Crippen LogP contribution >= 0.6 is 12.6 Å². The molecular formula is C13H27NOS. The van der Waals surface area contributed by atoms with E-state index in [2.05, 4.69) is 45.6 Å². The van der Waals surface area contributed by atoms with Gasteiger partial charge in [-0.1, -0.05) is 34.6 Å². The number of carbonyl (C=O) groups excluding carboxylic acids is 1. The van der Waals surface area contributed by atoms with Crippen LogP contribution in [0.2, 0.25) is 0 Å². The van der Waals surface area contributed by atoms with Gasteiger partial charge in [0.1, 0.15) is 0 Å². The fraction of sp³-hybridized carbons (Fsp3) is 0.923. The molecule has 0 aromatic rings. The molecule has 0 bridgehead atoms. The molecule has 0 aliphatic heterocycles. The maximum Gasteiger partial charge on any atom is 0.226 e. The first-order valence-corrected chi connectivity index (χ1v) is 6.39.